The van der Waals surface area contributed by atoms with Crippen LogP contribution < -0.4 is 4.74 Å². The molecule has 1 aromatic rings. The highest BCUT2D eigenvalue weighted by Crippen LogP contribution is 2.35. The summed E-state index contributed by atoms with van der Waals surface area (Å²) < 4.78 is 16.4. The second-order valence-corrected chi connectivity index (χ2v) is 8.92. The van der Waals surface area contributed by atoms with Gasteiger partial charge >= 0.3 is 7.60 Å². The van der Waals surface area contributed by atoms with Gasteiger partial charge in [-0.1, -0.05) is 88.8 Å². The third-order valence-electron chi connectivity index (χ3n) is 4.61. The summed E-state index contributed by atoms with van der Waals surface area (Å²) in [5, 5.41) is 0. The predicted molar refractivity (Wildman–Crippen MR) is 109 cm³/mol. The van der Waals surface area contributed by atoms with Gasteiger partial charge in [-0.05, 0) is 25.0 Å². The van der Waals surface area contributed by atoms with Crippen LogP contribution in [0.15, 0.2) is 30.3 Å². The molecule has 0 aliphatic carbocycles. The van der Waals surface area contributed by atoms with Crippen molar-refractivity contribution in [3.05, 3.63) is 30.3 Å². The zero-order valence-electron chi connectivity index (χ0n) is 16.2. The van der Waals surface area contributed by atoms with Crippen molar-refractivity contribution in [2.24, 2.45) is 0 Å². The standard InChI is InChI=1S/C21H37O4P/c22-26(23,24)20-16-11-9-7-5-3-1-2-4-6-8-10-15-19-25-21-17-13-12-14-18-21/h12-14,17-18H,1-11,15-16,19-20H2,(H2,22,23,24). The molecule has 0 bridgehead atoms. The Morgan fingerprint density at radius 2 is 1.08 bits per heavy atom. The fraction of sp³-hybridized carbons (Fsp3) is 0.714. The first-order valence-corrected chi connectivity index (χ1v) is 12.1. The molecule has 26 heavy (non-hydrogen) atoms. The lowest BCUT2D eigenvalue weighted by atomic mass is 10.0. The van der Waals surface area contributed by atoms with Gasteiger partial charge in [-0.25, -0.2) is 0 Å². The Balaban J connectivity index is 1.73. The topological polar surface area (TPSA) is 66.8 Å². The molecule has 0 aliphatic heterocycles. The summed E-state index contributed by atoms with van der Waals surface area (Å²) in [7, 11) is -3.77. The summed E-state index contributed by atoms with van der Waals surface area (Å²) in [5.74, 6) is 0.967. The predicted octanol–water partition coefficient (Wildman–Crippen LogP) is 6.31. The molecular formula is C21H37O4P. The molecule has 150 valence electrons. The van der Waals surface area contributed by atoms with E-state index in [0.29, 0.717) is 6.42 Å². The highest BCUT2D eigenvalue weighted by Gasteiger charge is 2.10. The first-order valence-electron chi connectivity index (χ1n) is 10.3. The zero-order chi connectivity index (χ0) is 18.9. The molecule has 5 heteroatoms. The minimum atomic E-state index is -3.77. The van der Waals surface area contributed by atoms with Gasteiger partial charge in [0.25, 0.3) is 0 Å². The van der Waals surface area contributed by atoms with Gasteiger partial charge in [0.2, 0.25) is 0 Å². The molecule has 0 fully saturated rings. The Kier molecular flexibility index (Phi) is 13.6. The van der Waals surface area contributed by atoms with Crippen LogP contribution in [-0.2, 0) is 4.57 Å². The molecule has 0 saturated heterocycles. The number of hydrogen-bond donors (Lipinski definition) is 2. The van der Waals surface area contributed by atoms with Crippen LogP contribution in [0.3, 0.4) is 0 Å². The van der Waals surface area contributed by atoms with E-state index in [0.717, 1.165) is 31.6 Å². The van der Waals surface area contributed by atoms with Crippen molar-refractivity contribution in [2.75, 3.05) is 12.8 Å². The average molecular weight is 384 g/mol. The van der Waals surface area contributed by atoms with E-state index in [9.17, 15) is 4.57 Å². The largest absolute Gasteiger partial charge is 0.494 e. The van der Waals surface area contributed by atoms with Gasteiger partial charge in [-0.15, -0.1) is 0 Å². The molecule has 0 spiro atoms. The third kappa shape index (κ3) is 15.4. The lowest BCUT2D eigenvalue weighted by molar-refractivity contribution is 0.304. The van der Waals surface area contributed by atoms with E-state index >= 15 is 0 Å². The second kappa shape index (κ2) is 15.2. The number of para-hydroxylation sites is 1. The van der Waals surface area contributed by atoms with Crippen LogP contribution in [0, 0.1) is 0 Å². The van der Waals surface area contributed by atoms with E-state index in [1.807, 2.05) is 30.3 Å². The van der Waals surface area contributed by atoms with Crippen LogP contribution in [0.5, 0.6) is 5.75 Å². The zero-order valence-corrected chi connectivity index (χ0v) is 17.0. The Morgan fingerprint density at radius 1 is 0.654 bits per heavy atom. The molecule has 1 rings (SSSR count). The summed E-state index contributed by atoms with van der Waals surface area (Å²) >= 11 is 0. The third-order valence-corrected chi connectivity index (χ3v) is 5.50. The summed E-state index contributed by atoms with van der Waals surface area (Å²) in [6.07, 6.45) is 15.5. The fourth-order valence-electron chi connectivity index (χ4n) is 3.07. The maximum Gasteiger partial charge on any atom is 0.325 e. The smallest absolute Gasteiger partial charge is 0.325 e. The second-order valence-electron chi connectivity index (χ2n) is 7.15. The maximum absolute atomic E-state index is 10.7. The molecule has 0 amide bonds. The van der Waals surface area contributed by atoms with Gasteiger partial charge in [0.05, 0.1) is 6.61 Å². The van der Waals surface area contributed by atoms with Crippen LogP contribution >= 0.6 is 7.60 Å². The Hall–Kier alpha value is -0.830. The molecule has 0 atom stereocenters. The van der Waals surface area contributed by atoms with Crippen molar-refractivity contribution in [1.29, 1.82) is 0 Å². The fourth-order valence-corrected chi connectivity index (χ4v) is 3.71. The normalized spacial score (nSPS) is 11.6. The van der Waals surface area contributed by atoms with Crippen molar-refractivity contribution in [3.8, 4) is 5.75 Å². The average Bonchev–Trinajstić information content (AvgIpc) is 2.61. The highest BCUT2D eigenvalue weighted by molar-refractivity contribution is 7.51. The Morgan fingerprint density at radius 3 is 1.54 bits per heavy atom. The monoisotopic (exact) mass is 384 g/mol. The van der Waals surface area contributed by atoms with Crippen molar-refractivity contribution in [1.82, 2.24) is 0 Å². The van der Waals surface area contributed by atoms with Crippen LogP contribution in [0.4, 0.5) is 0 Å². The Bertz CT molecular complexity index is 472. The van der Waals surface area contributed by atoms with E-state index in [2.05, 4.69) is 0 Å². The molecule has 1 aromatic carbocycles. The quantitative estimate of drug-likeness (QED) is 0.244. The molecule has 0 radical (unpaired) electrons. The van der Waals surface area contributed by atoms with Crippen molar-refractivity contribution in [2.45, 2.75) is 83.5 Å². The van der Waals surface area contributed by atoms with Gasteiger partial charge in [-0.3, -0.25) is 4.57 Å². The van der Waals surface area contributed by atoms with Gasteiger partial charge in [0, 0.05) is 6.16 Å². The van der Waals surface area contributed by atoms with Crippen LogP contribution in [0.25, 0.3) is 0 Å². The molecule has 2 N–H and O–H groups in total. The van der Waals surface area contributed by atoms with E-state index in [-0.39, 0.29) is 6.16 Å². The van der Waals surface area contributed by atoms with Gasteiger partial charge in [-0.2, -0.15) is 0 Å². The minimum Gasteiger partial charge on any atom is -0.494 e. The van der Waals surface area contributed by atoms with Crippen LogP contribution in [0.1, 0.15) is 83.5 Å². The summed E-state index contributed by atoms with van der Waals surface area (Å²) in [6.45, 7) is 0.818. The van der Waals surface area contributed by atoms with Gasteiger partial charge in [0.1, 0.15) is 5.75 Å². The Labute approximate surface area is 159 Å². The summed E-state index contributed by atoms with van der Waals surface area (Å²) in [6, 6.07) is 10.0. The first kappa shape index (κ1) is 23.2. The molecule has 4 nitrogen and oxygen atoms in total. The summed E-state index contributed by atoms with van der Waals surface area (Å²) in [4.78, 5) is 17.5. The molecule has 0 aliphatic rings. The minimum absolute atomic E-state index is 0.0470. The van der Waals surface area contributed by atoms with Crippen LogP contribution in [0.2, 0.25) is 0 Å². The molecule has 0 aromatic heterocycles. The lowest BCUT2D eigenvalue weighted by Crippen LogP contribution is -1.96. The van der Waals surface area contributed by atoms with Gasteiger partial charge in [0.15, 0.2) is 0 Å². The first-order chi connectivity index (χ1) is 12.6. The van der Waals surface area contributed by atoms with E-state index in [1.54, 1.807) is 0 Å². The molecular weight excluding hydrogens is 347 g/mol. The molecule has 0 heterocycles. The van der Waals surface area contributed by atoms with Crippen molar-refractivity contribution >= 4 is 7.60 Å². The number of unbranched alkanes of at least 4 members (excludes halogenated alkanes) is 12. The highest BCUT2D eigenvalue weighted by atomic mass is 31.2. The number of ether oxygens (including phenoxy) is 1. The lowest BCUT2D eigenvalue weighted by Gasteiger charge is -2.06. The van der Waals surface area contributed by atoms with Crippen LogP contribution in [-0.4, -0.2) is 22.6 Å². The number of hydrogen-bond acceptors (Lipinski definition) is 2. The maximum atomic E-state index is 10.7. The molecule has 0 saturated carbocycles. The van der Waals surface area contributed by atoms with Gasteiger partial charge < -0.3 is 14.5 Å². The molecule has 0 unspecified atom stereocenters. The number of benzene rings is 1. The van der Waals surface area contributed by atoms with E-state index in [1.165, 1.54) is 57.8 Å². The van der Waals surface area contributed by atoms with E-state index in [4.69, 9.17) is 14.5 Å². The van der Waals surface area contributed by atoms with Crippen molar-refractivity contribution in [3.63, 3.8) is 0 Å². The van der Waals surface area contributed by atoms with Crippen molar-refractivity contribution < 1.29 is 19.1 Å². The van der Waals surface area contributed by atoms with E-state index < -0.39 is 7.60 Å². The number of rotatable bonds is 17. The summed E-state index contributed by atoms with van der Waals surface area (Å²) in [5.41, 5.74) is 0. The SMILES string of the molecule is O=P(O)(O)CCCCCCCCCCCCCCCOc1ccccc1.